The molecule has 9 heteroatoms. The molecule has 0 atom stereocenters. The van der Waals surface area contributed by atoms with Crippen molar-refractivity contribution in [3.05, 3.63) is 56.4 Å². The molecule has 1 aliphatic heterocycles. The smallest absolute Gasteiger partial charge is 0.330 e. The number of benzene rings is 1. The second kappa shape index (κ2) is 7.56. The van der Waals surface area contributed by atoms with Gasteiger partial charge < -0.3 is 9.47 Å². The molecule has 0 bridgehead atoms. The number of hydrogen-bond acceptors (Lipinski definition) is 5. The quantitative estimate of drug-likeness (QED) is 0.805. The number of nitrogens with zero attached hydrogens (tertiary/aromatic N) is 3. The standard InChI is InChI=1S/C19H26N4O4S/c1-13-5-6-16(11-14(13)2)28(26,27)20-15-7-9-23(10-8-15)17-12-21(3)19(25)22(4)18(17)24/h5-6,11-12,15,20H,7-10H2,1-4H3. The number of hydrogen-bond donors (Lipinski definition) is 1. The maximum atomic E-state index is 12.7. The highest BCUT2D eigenvalue weighted by atomic mass is 32.2. The third-order valence-corrected chi connectivity index (χ3v) is 6.89. The molecule has 1 aromatic heterocycles. The number of aromatic nitrogens is 2. The van der Waals surface area contributed by atoms with Crippen LogP contribution in [0.15, 0.2) is 38.9 Å². The fourth-order valence-electron chi connectivity index (χ4n) is 3.41. The number of rotatable bonds is 4. The maximum absolute atomic E-state index is 12.7. The first-order valence-corrected chi connectivity index (χ1v) is 10.7. The molecule has 152 valence electrons. The predicted molar refractivity (Wildman–Crippen MR) is 108 cm³/mol. The number of aryl methyl sites for hydroxylation is 3. The van der Waals surface area contributed by atoms with Gasteiger partial charge in [-0.3, -0.25) is 9.36 Å². The Morgan fingerprint density at radius 3 is 2.29 bits per heavy atom. The van der Waals surface area contributed by atoms with Crippen molar-refractivity contribution in [3.8, 4) is 0 Å². The lowest BCUT2D eigenvalue weighted by Gasteiger charge is -2.33. The van der Waals surface area contributed by atoms with Crippen LogP contribution in [0.25, 0.3) is 0 Å². The van der Waals surface area contributed by atoms with E-state index in [9.17, 15) is 18.0 Å². The van der Waals surface area contributed by atoms with Crippen molar-refractivity contribution in [1.82, 2.24) is 13.9 Å². The van der Waals surface area contributed by atoms with Gasteiger partial charge in [-0.15, -0.1) is 0 Å². The van der Waals surface area contributed by atoms with Crippen LogP contribution in [0.5, 0.6) is 0 Å². The van der Waals surface area contributed by atoms with Gasteiger partial charge in [0.15, 0.2) is 0 Å². The summed E-state index contributed by atoms with van der Waals surface area (Å²) in [5.74, 6) is 0. The normalized spacial score (nSPS) is 15.8. The number of anilines is 1. The van der Waals surface area contributed by atoms with Gasteiger partial charge in [-0.05, 0) is 49.9 Å². The van der Waals surface area contributed by atoms with Crippen molar-refractivity contribution in [2.45, 2.75) is 37.6 Å². The van der Waals surface area contributed by atoms with E-state index in [1.165, 1.54) is 11.6 Å². The third kappa shape index (κ3) is 3.90. The van der Waals surface area contributed by atoms with Gasteiger partial charge >= 0.3 is 5.69 Å². The highest BCUT2D eigenvalue weighted by molar-refractivity contribution is 7.89. The molecule has 0 amide bonds. The lowest BCUT2D eigenvalue weighted by molar-refractivity contribution is 0.457. The summed E-state index contributed by atoms with van der Waals surface area (Å²) in [6.07, 6.45) is 2.70. The van der Waals surface area contributed by atoms with Gasteiger partial charge in [-0.1, -0.05) is 6.07 Å². The van der Waals surface area contributed by atoms with Crippen LogP contribution in [0.3, 0.4) is 0 Å². The van der Waals surface area contributed by atoms with Crippen molar-refractivity contribution in [2.24, 2.45) is 14.1 Å². The Bertz CT molecular complexity index is 1110. The summed E-state index contributed by atoms with van der Waals surface area (Å²) in [5, 5.41) is 0. The second-order valence-corrected chi connectivity index (χ2v) is 9.11. The zero-order valence-electron chi connectivity index (χ0n) is 16.6. The van der Waals surface area contributed by atoms with Gasteiger partial charge in [-0.25, -0.2) is 17.9 Å². The topological polar surface area (TPSA) is 93.4 Å². The first kappa shape index (κ1) is 20.3. The van der Waals surface area contributed by atoms with Gasteiger partial charge in [0.05, 0.1) is 4.90 Å². The number of piperidine rings is 1. The number of nitrogens with one attached hydrogen (secondary N) is 1. The van der Waals surface area contributed by atoms with Crippen LogP contribution in [0.4, 0.5) is 5.69 Å². The molecule has 8 nitrogen and oxygen atoms in total. The molecule has 0 saturated carbocycles. The van der Waals surface area contributed by atoms with E-state index in [0.29, 0.717) is 31.6 Å². The molecule has 1 aromatic carbocycles. The van der Waals surface area contributed by atoms with Gasteiger partial charge in [0.1, 0.15) is 5.69 Å². The molecular formula is C19H26N4O4S. The van der Waals surface area contributed by atoms with Crippen LogP contribution in [0, 0.1) is 13.8 Å². The molecule has 2 heterocycles. The molecule has 0 radical (unpaired) electrons. The van der Waals surface area contributed by atoms with Gasteiger partial charge in [-0.2, -0.15) is 0 Å². The maximum Gasteiger partial charge on any atom is 0.330 e. The van der Waals surface area contributed by atoms with Crippen molar-refractivity contribution in [1.29, 1.82) is 0 Å². The zero-order chi connectivity index (χ0) is 20.6. The van der Waals surface area contributed by atoms with Crippen LogP contribution in [0.2, 0.25) is 0 Å². The molecule has 3 rings (SSSR count). The van der Waals surface area contributed by atoms with Crippen molar-refractivity contribution >= 4 is 15.7 Å². The van der Waals surface area contributed by atoms with E-state index in [-0.39, 0.29) is 22.2 Å². The van der Waals surface area contributed by atoms with Crippen molar-refractivity contribution < 1.29 is 8.42 Å². The lowest BCUT2D eigenvalue weighted by atomic mass is 10.1. The fraction of sp³-hybridized carbons (Fsp3) is 0.474. The molecule has 0 unspecified atom stereocenters. The van der Waals surface area contributed by atoms with Crippen LogP contribution in [0.1, 0.15) is 24.0 Å². The van der Waals surface area contributed by atoms with E-state index in [0.717, 1.165) is 15.7 Å². The molecule has 2 aromatic rings. The van der Waals surface area contributed by atoms with Crippen molar-refractivity contribution in [3.63, 3.8) is 0 Å². The molecule has 1 fully saturated rings. The molecule has 0 spiro atoms. The van der Waals surface area contributed by atoms with E-state index < -0.39 is 10.0 Å². The molecule has 0 aliphatic carbocycles. The van der Waals surface area contributed by atoms with Crippen LogP contribution >= 0.6 is 0 Å². The monoisotopic (exact) mass is 406 g/mol. The summed E-state index contributed by atoms with van der Waals surface area (Å²) in [6, 6.07) is 4.91. The summed E-state index contributed by atoms with van der Waals surface area (Å²) in [5.41, 5.74) is 1.73. The minimum atomic E-state index is -3.59. The Hall–Kier alpha value is -2.39. The van der Waals surface area contributed by atoms with E-state index in [4.69, 9.17) is 0 Å². The van der Waals surface area contributed by atoms with Gasteiger partial charge in [0, 0.05) is 39.4 Å². The summed E-state index contributed by atoms with van der Waals surface area (Å²) in [6.45, 7) is 4.90. The first-order chi connectivity index (χ1) is 13.1. The van der Waals surface area contributed by atoms with Gasteiger partial charge in [0.25, 0.3) is 5.56 Å². The van der Waals surface area contributed by atoms with Crippen molar-refractivity contribution in [2.75, 3.05) is 18.0 Å². The Kier molecular flexibility index (Phi) is 5.49. The SMILES string of the molecule is Cc1ccc(S(=O)(=O)NC2CCN(c3cn(C)c(=O)n(C)c3=O)CC2)cc1C. The molecule has 1 saturated heterocycles. The minimum absolute atomic E-state index is 0.195. The highest BCUT2D eigenvalue weighted by Crippen LogP contribution is 2.19. The Morgan fingerprint density at radius 2 is 1.68 bits per heavy atom. The minimum Gasteiger partial charge on any atom is -0.366 e. The molecule has 28 heavy (non-hydrogen) atoms. The molecular weight excluding hydrogens is 380 g/mol. The van der Waals surface area contributed by atoms with E-state index in [1.807, 2.05) is 24.8 Å². The summed E-state index contributed by atoms with van der Waals surface area (Å²) in [7, 11) is -0.524. The average Bonchev–Trinajstić information content (AvgIpc) is 2.65. The summed E-state index contributed by atoms with van der Waals surface area (Å²) < 4.78 is 30.6. The lowest BCUT2D eigenvalue weighted by Crippen LogP contribution is -2.47. The zero-order valence-corrected chi connectivity index (χ0v) is 17.4. The highest BCUT2D eigenvalue weighted by Gasteiger charge is 2.26. The first-order valence-electron chi connectivity index (χ1n) is 9.21. The molecule has 1 N–H and O–H groups in total. The van der Waals surface area contributed by atoms with Crippen LogP contribution in [-0.2, 0) is 24.1 Å². The third-order valence-electron chi connectivity index (χ3n) is 5.37. The van der Waals surface area contributed by atoms with E-state index >= 15 is 0 Å². The Balaban J connectivity index is 1.71. The molecule has 1 aliphatic rings. The summed E-state index contributed by atoms with van der Waals surface area (Å²) >= 11 is 0. The largest absolute Gasteiger partial charge is 0.366 e. The predicted octanol–water partition coefficient (Wildman–Crippen LogP) is 0.648. The number of sulfonamides is 1. The van der Waals surface area contributed by atoms with E-state index in [1.54, 1.807) is 25.4 Å². The second-order valence-electron chi connectivity index (χ2n) is 7.40. The van der Waals surface area contributed by atoms with E-state index in [2.05, 4.69) is 4.72 Å². The fourth-order valence-corrected chi connectivity index (χ4v) is 4.80. The Morgan fingerprint density at radius 1 is 1.04 bits per heavy atom. The van der Waals surface area contributed by atoms with Crippen LogP contribution in [-0.4, -0.2) is 36.7 Å². The van der Waals surface area contributed by atoms with Crippen LogP contribution < -0.4 is 20.9 Å². The Labute approximate surface area is 164 Å². The average molecular weight is 407 g/mol. The summed E-state index contributed by atoms with van der Waals surface area (Å²) in [4.78, 5) is 26.4. The van der Waals surface area contributed by atoms with Gasteiger partial charge in [0.2, 0.25) is 10.0 Å².